The number of aromatic amines is 1. The van der Waals surface area contributed by atoms with E-state index in [1.165, 1.54) is 0 Å². The fraction of sp³-hybridized carbons (Fsp3) is 0. The number of benzene rings is 1. The van der Waals surface area contributed by atoms with Crippen LogP contribution < -0.4 is 0 Å². The molecule has 0 unspecified atom stereocenters. The molecule has 0 aliphatic carbocycles. The van der Waals surface area contributed by atoms with Crippen molar-refractivity contribution in [1.82, 2.24) is 10.2 Å². The van der Waals surface area contributed by atoms with Gasteiger partial charge >= 0.3 is 0 Å². The molecule has 0 saturated heterocycles. The summed E-state index contributed by atoms with van der Waals surface area (Å²) in [5.74, 6) is 0.449. The zero-order valence-electron chi connectivity index (χ0n) is 6.40. The summed E-state index contributed by atoms with van der Waals surface area (Å²) in [6.07, 6.45) is 0. The number of hydrogen-bond acceptors (Lipinski definition) is 2. The standard InChI is InChI=1S/C7H4BrN5/c8-4-1-2-5-6(3-4)10-11-7(5)12-13-9/h1-3H,(H,10,11). The van der Waals surface area contributed by atoms with E-state index < -0.39 is 0 Å². The average molecular weight is 238 g/mol. The smallest absolute Gasteiger partial charge is 0.129 e. The highest BCUT2D eigenvalue weighted by Crippen LogP contribution is 2.25. The van der Waals surface area contributed by atoms with E-state index in [0.29, 0.717) is 5.82 Å². The Morgan fingerprint density at radius 1 is 1.54 bits per heavy atom. The van der Waals surface area contributed by atoms with Crippen LogP contribution in [0.1, 0.15) is 0 Å². The molecule has 64 valence electrons. The molecule has 1 heterocycles. The summed E-state index contributed by atoms with van der Waals surface area (Å²) in [6.45, 7) is 0. The van der Waals surface area contributed by atoms with Gasteiger partial charge in [0.05, 0.1) is 5.52 Å². The molecule has 1 N–H and O–H groups in total. The minimum absolute atomic E-state index is 0.449. The van der Waals surface area contributed by atoms with Crippen LogP contribution in [0.25, 0.3) is 21.3 Å². The lowest BCUT2D eigenvalue weighted by atomic mass is 10.2. The second kappa shape index (κ2) is 3.08. The summed E-state index contributed by atoms with van der Waals surface area (Å²) in [4.78, 5) is 2.69. The molecule has 0 aliphatic rings. The lowest BCUT2D eigenvalue weighted by Gasteiger charge is -1.89. The van der Waals surface area contributed by atoms with Crippen molar-refractivity contribution < 1.29 is 0 Å². The molecule has 2 rings (SSSR count). The van der Waals surface area contributed by atoms with E-state index in [2.05, 4.69) is 36.2 Å². The predicted octanol–water partition coefficient (Wildman–Crippen LogP) is 3.27. The van der Waals surface area contributed by atoms with E-state index in [-0.39, 0.29) is 0 Å². The molecule has 2 aromatic rings. The van der Waals surface area contributed by atoms with Gasteiger partial charge in [-0.1, -0.05) is 15.9 Å². The molecule has 1 aromatic carbocycles. The Bertz CT molecular complexity index is 497. The van der Waals surface area contributed by atoms with E-state index >= 15 is 0 Å². The topological polar surface area (TPSA) is 77.4 Å². The van der Waals surface area contributed by atoms with Crippen LogP contribution in [0.4, 0.5) is 5.82 Å². The summed E-state index contributed by atoms with van der Waals surface area (Å²) in [5, 5.41) is 10.9. The first-order valence-electron chi connectivity index (χ1n) is 3.50. The van der Waals surface area contributed by atoms with Crippen LogP contribution in [0.5, 0.6) is 0 Å². The lowest BCUT2D eigenvalue weighted by Crippen LogP contribution is -1.67. The van der Waals surface area contributed by atoms with Gasteiger partial charge in [-0.2, -0.15) is 5.10 Å². The molecule has 0 bridgehead atoms. The minimum Gasteiger partial charge on any atom is -0.275 e. The normalized spacial score (nSPS) is 9.92. The molecule has 0 radical (unpaired) electrons. The van der Waals surface area contributed by atoms with Crippen molar-refractivity contribution in [2.24, 2.45) is 5.11 Å². The Balaban J connectivity index is 2.75. The molecule has 0 saturated carbocycles. The number of rotatable bonds is 1. The van der Waals surface area contributed by atoms with Gasteiger partial charge in [-0.3, -0.25) is 5.10 Å². The maximum atomic E-state index is 8.25. The Morgan fingerprint density at radius 3 is 3.15 bits per heavy atom. The molecular formula is C7H4BrN5. The second-order valence-electron chi connectivity index (χ2n) is 2.42. The van der Waals surface area contributed by atoms with Crippen LogP contribution in [-0.2, 0) is 0 Å². The summed E-state index contributed by atoms with van der Waals surface area (Å²) in [5.41, 5.74) is 9.03. The van der Waals surface area contributed by atoms with E-state index in [1.807, 2.05) is 18.2 Å². The van der Waals surface area contributed by atoms with Gasteiger partial charge in [0.15, 0.2) is 0 Å². The first-order chi connectivity index (χ1) is 6.31. The van der Waals surface area contributed by atoms with Gasteiger partial charge < -0.3 is 0 Å². The first kappa shape index (κ1) is 8.10. The Kier molecular flexibility index (Phi) is 1.92. The van der Waals surface area contributed by atoms with Gasteiger partial charge in [-0.15, -0.1) is 0 Å². The van der Waals surface area contributed by atoms with Gasteiger partial charge in [-0.25, -0.2) is 0 Å². The number of nitrogens with one attached hydrogen (secondary N) is 1. The molecule has 0 atom stereocenters. The second-order valence-corrected chi connectivity index (χ2v) is 3.34. The Hall–Kier alpha value is -1.52. The third-order valence-corrected chi connectivity index (χ3v) is 2.14. The highest BCUT2D eigenvalue weighted by atomic mass is 79.9. The number of aromatic nitrogens is 2. The van der Waals surface area contributed by atoms with Crippen molar-refractivity contribution in [3.63, 3.8) is 0 Å². The van der Waals surface area contributed by atoms with Crippen molar-refractivity contribution in [3.05, 3.63) is 33.1 Å². The zero-order valence-corrected chi connectivity index (χ0v) is 7.98. The van der Waals surface area contributed by atoms with Crippen LogP contribution in [0, 0.1) is 0 Å². The largest absolute Gasteiger partial charge is 0.275 e. The summed E-state index contributed by atoms with van der Waals surface area (Å²) < 4.78 is 0.944. The van der Waals surface area contributed by atoms with Crippen LogP contribution in [-0.4, -0.2) is 10.2 Å². The van der Waals surface area contributed by atoms with E-state index in [1.54, 1.807) is 0 Å². The number of halogens is 1. The van der Waals surface area contributed by atoms with Gasteiger partial charge in [0, 0.05) is 14.8 Å². The maximum Gasteiger partial charge on any atom is 0.129 e. The zero-order chi connectivity index (χ0) is 9.26. The third-order valence-electron chi connectivity index (χ3n) is 1.64. The number of H-pyrrole nitrogens is 1. The number of fused-ring (bicyclic) bond motifs is 1. The molecular weight excluding hydrogens is 234 g/mol. The molecule has 0 amide bonds. The van der Waals surface area contributed by atoms with E-state index in [9.17, 15) is 0 Å². The Labute approximate surface area is 81.5 Å². The van der Waals surface area contributed by atoms with Gasteiger partial charge in [0.25, 0.3) is 0 Å². The summed E-state index contributed by atoms with van der Waals surface area (Å²) in [6, 6.07) is 5.56. The highest BCUT2D eigenvalue weighted by Gasteiger charge is 2.02. The highest BCUT2D eigenvalue weighted by molar-refractivity contribution is 9.10. The fourth-order valence-corrected chi connectivity index (χ4v) is 1.44. The van der Waals surface area contributed by atoms with Crippen LogP contribution in [0.2, 0.25) is 0 Å². The number of azide groups is 1. The molecule has 1 aromatic heterocycles. The van der Waals surface area contributed by atoms with Crippen molar-refractivity contribution in [2.75, 3.05) is 0 Å². The maximum absolute atomic E-state index is 8.25. The van der Waals surface area contributed by atoms with Crippen molar-refractivity contribution in [2.45, 2.75) is 0 Å². The van der Waals surface area contributed by atoms with E-state index in [4.69, 9.17) is 5.53 Å². The van der Waals surface area contributed by atoms with Crippen molar-refractivity contribution >= 4 is 32.7 Å². The summed E-state index contributed by atoms with van der Waals surface area (Å²) in [7, 11) is 0. The molecule has 5 nitrogen and oxygen atoms in total. The van der Waals surface area contributed by atoms with E-state index in [0.717, 1.165) is 15.4 Å². The molecule has 6 heteroatoms. The third kappa shape index (κ3) is 1.37. The van der Waals surface area contributed by atoms with Gasteiger partial charge in [0.1, 0.15) is 5.82 Å². The fourth-order valence-electron chi connectivity index (χ4n) is 1.09. The SMILES string of the molecule is [N-]=[N+]=Nc1[nH]nc2cc(Br)ccc12. The number of hydrogen-bond donors (Lipinski definition) is 1. The Morgan fingerprint density at radius 2 is 2.38 bits per heavy atom. The molecule has 0 spiro atoms. The van der Waals surface area contributed by atoms with Crippen LogP contribution in [0.3, 0.4) is 0 Å². The van der Waals surface area contributed by atoms with Gasteiger partial charge in [0.2, 0.25) is 0 Å². The quantitative estimate of drug-likeness (QED) is 0.461. The minimum atomic E-state index is 0.449. The summed E-state index contributed by atoms with van der Waals surface area (Å²) >= 11 is 3.32. The van der Waals surface area contributed by atoms with Gasteiger partial charge in [-0.05, 0) is 28.8 Å². The van der Waals surface area contributed by atoms with Crippen LogP contribution >= 0.6 is 15.9 Å². The van der Waals surface area contributed by atoms with Crippen LogP contribution in [0.15, 0.2) is 27.8 Å². The monoisotopic (exact) mass is 237 g/mol. The lowest BCUT2D eigenvalue weighted by molar-refractivity contribution is 1.10. The predicted molar refractivity (Wildman–Crippen MR) is 52.6 cm³/mol. The molecule has 13 heavy (non-hydrogen) atoms. The average Bonchev–Trinajstić information content (AvgIpc) is 2.49. The van der Waals surface area contributed by atoms with Crippen molar-refractivity contribution in [1.29, 1.82) is 0 Å². The first-order valence-corrected chi connectivity index (χ1v) is 4.29. The number of nitrogens with zero attached hydrogens (tertiary/aromatic N) is 4. The van der Waals surface area contributed by atoms with Crippen molar-refractivity contribution in [3.8, 4) is 0 Å². The molecule has 0 aliphatic heterocycles. The molecule has 0 fully saturated rings.